The molecule has 2 heterocycles. The van der Waals surface area contributed by atoms with Crippen molar-refractivity contribution in [3.05, 3.63) is 48.3 Å². The number of rotatable bonds is 5. The fraction of sp³-hybridized carbons (Fsp3) is 0.333. The first kappa shape index (κ1) is 17.7. The zero-order chi connectivity index (χ0) is 18.4. The summed E-state index contributed by atoms with van der Waals surface area (Å²) in [5.74, 6) is -0.320. The number of benzene rings is 1. The maximum Gasteiger partial charge on any atom is 0.322 e. The van der Waals surface area contributed by atoms with Crippen molar-refractivity contribution in [1.82, 2.24) is 14.9 Å². The summed E-state index contributed by atoms with van der Waals surface area (Å²) in [6.07, 6.45) is 4.26. The second-order valence-electron chi connectivity index (χ2n) is 6.01. The molecule has 2 aromatic rings. The molecule has 2 N–H and O–H groups in total. The van der Waals surface area contributed by atoms with Crippen LogP contribution >= 0.6 is 0 Å². The van der Waals surface area contributed by atoms with Gasteiger partial charge in [-0.05, 0) is 30.7 Å². The van der Waals surface area contributed by atoms with E-state index in [1.54, 1.807) is 42.7 Å². The van der Waals surface area contributed by atoms with Crippen LogP contribution in [0.15, 0.2) is 42.7 Å². The van der Waals surface area contributed by atoms with Crippen LogP contribution in [0.1, 0.15) is 16.8 Å². The van der Waals surface area contributed by atoms with E-state index in [-0.39, 0.29) is 12.5 Å². The quantitative estimate of drug-likeness (QED) is 0.835. The molecule has 0 atom stereocenters. The first-order valence-corrected chi connectivity index (χ1v) is 8.50. The van der Waals surface area contributed by atoms with Gasteiger partial charge in [-0.3, -0.25) is 9.59 Å². The predicted octanol–water partition coefficient (Wildman–Crippen LogP) is 1.33. The first-order valence-electron chi connectivity index (χ1n) is 8.50. The minimum Gasteiger partial charge on any atom is -0.480 e. The van der Waals surface area contributed by atoms with Gasteiger partial charge in [-0.2, -0.15) is 0 Å². The molecule has 0 unspecified atom stereocenters. The molecule has 8 heteroatoms. The lowest BCUT2D eigenvalue weighted by Gasteiger charge is -2.22. The molecule has 1 amide bonds. The van der Waals surface area contributed by atoms with Crippen LogP contribution in [0, 0.1) is 0 Å². The number of aromatic nitrogens is 2. The number of nitrogens with one attached hydrogen (secondary N) is 1. The zero-order valence-electron chi connectivity index (χ0n) is 14.3. The molecule has 136 valence electrons. The average Bonchev–Trinajstić information content (AvgIpc) is 2.93. The summed E-state index contributed by atoms with van der Waals surface area (Å²) in [5.41, 5.74) is 1.16. The highest BCUT2D eigenvalue weighted by atomic mass is 16.4. The van der Waals surface area contributed by atoms with E-state index >= 15 is 0 Å². The molecule has 1 aliphatic rings. The molecule has 1 aromatic heterocycles. The van der Waals surface area contributed by atoms with Crippen molar-refractivity contribution in [1.29, 1.82) is 0 Å². The first-order chi connectivity index (χ1) is 12.6. The Labute approximate surface area is 151 Å². The van der Waals surface area contributed by atoms with E-state index in [9.17, 15) is 9.59 Å². The smallest absolute Gasteiger partial charge is 0.322 e. The highest BCUT2D eigenvalue weighted by Crippen LogP contribution is 2.15. The third-order valence-electron chi connectivity index (χ3n) is 4.17. The highest BCUT2D eigenvalue weighted by molar-refractivity contribution is 5.95. The second kappa shape index (κ2) is 8.28. The Morgan fingerprint density at radius 1 is 1.08 bits per heavy atom. The zero-order valence-corrected chi connectivity index (χ0v) is 14.3. The summed E-state index contributed by atoms with van der Waals surface area (Å²) < 4.78 is 0. The van der Waals surface area contributed by atoms with Crippen LogP contribution in [0.3, 0.4) is 0 Å². The number of carboxylic acids is 1. The van der Waals surface area contributed by atoms with Crippen LogP contribution < -0.4 is 10.2 Å². The van der Waals surface area contributed by atoms with Crippen molar-refractivity contribution < 1.29 is 14.7 Å². The Balaban J connectivity index is 1.65. The van der Waals surface area contributed by atoms with Crippen molar-refractivity contribution in [2.45, 2.75) is 6.42 Å². The van der Waals surface area contributed by atoms with Gasteiger partial charge in [-0.25, -0.2) is 9.97 Å². The van der Waals surface area contributed by atoms with Crippen LogP contribution in [-0.2, 0) is 4.79 Å². The second-order valence-corrected chi connectivity index (χ2v) is 6.01. The van der Waals surface area contributed by atoms with E-state index in [4.69, 9.17) is 5.11 Å². The van der Waals surface area contributed by atoms with Gasteiger partial charge in [-0.15, -0.1) is 0 Å². The largest absolute Gasteiger partial charge is 0.480 e. The van der Waals surface area contributed by atoms with Gasteiger partial charge in [0.2, 0.25) is 5.95 Å². The number of carbonyl (C=O) groups is 2. The number of anilines is 2. The molecule has 26 heavy (non-hydrogen) atoms. The van der Waals surface area contributed by atoms with E-state index in [1.165, 1.54) is 0 Å². The maximum atomic E-state index is 12.8. The van der Waals surface area contributed by atoms with Crippen LogP contribution in [0.25, 0.3) is 0 Å². The Bertz CT molecular complexity index is 768. The van der Waals surface area contributed by atoms with Crippen molar-refractivity contribution in [3.8, 4) is 0 Å². The molecule has 1 saturated heterocycles. The van der Waals surface area contributed by atoms with Gasteiger partial charge in [0.1, 0.15) is 6.54 Å². The number of nitrogens with zero attached hydrogens (tertiary/aromatic N) is 4. The number of carboxylic acid groups (broad SMARTS) is 1. The number of carbonyl (C=O) groups excluding carboxylic acids is 1. The normalized spacial score (nSPS) is 14.6. The van der Waals surface area contributed by atoms with Gasteiger partial charge in [0, 0.05) is 49.8 Å². The molecule has 8 nitrogen and oxygen atoms in total. The number of aliphatic carboxylic acids is 1. The van der Waals surface area contributed by atoms with Gasteiger partial charge >= 0.3 is 5.97 Å². The lowest BCUT2D eigenvalue weighted by Crippen LogP contribution is -2.35. The molecule has 0 aliphatic carbocycles. The average molecular weight is 355 g/mol. The molecule has 1 aromatic carbocycles. The monoisotopic (exact) mass is 355 g/mol. The Morgan fingerprint density at radius 2 is 1.88 bits per heavy atom. The lowest BCUT2D eigenvalue weighted by molar-refractivity contribution is -0.134. The Kier molecular flexibility index (Phi) is 5.62. The molecule has 3 rings (SSSR count). The van der Waals surface area contributed by atoms with Crippen molar-refractivity contribution in [3.63, 3.8) is 0 Å². The number of hydrogen-bond acceptors (Lipinski definition) is 6. The van der Waals surface area contributed by atoms with Crippen LogP contribution in [0.4, 0.5) is 11.6 Å². The van der Waals surface area contributed by atoms with E-state index in [0.717, 1.165) is 13.0 Å². The van der Waals surface area contributed by atoms with Crippen LogP contribution in [0.5, 0.6) is 0 Å². The van der Waals surface area contributed by atoms with Crippen molar-refractivity contribution in [2.24, 2.45) is 0 Å². The number of amides is 1. The highest BCUT2D eigenvalue weighted by Gasteiger charge is 2.21. The third-order valence-corrected chi connectivity index (χ3v) is 4.17. The number of hydrogen-bond donors (Lipinski definition) is 2. The minimum absolute atomic E-state index is 0.0557. The fourth-order valence-corrected chi connectivity index (χ4v) is 2.90. The molecule has 1 aliphatic heterocycles. The SMILES string of the molecule is O=C(O)CNc1cccc(C(=O)N2CCCN(c3ncccn3)CC2)c1. The molecule has 1 fully saturated rings. The van der Waals surface area contributed by atoms with E-state index in [2.05, 4.69) is 20.2 Å². The fourth-order valence-electron chi connectivity index (χ4n) is 2.90. The van der Waals surface area contributed by atoms with E-state index in [0.29, 0.717) is 36.8 Å². The van der Waals surface area contributed by atoms with Gasteiger partial charge < -0.3 is 20.2 Å². The summed E-state index contributed by atoms with van der Waals surface area (Å²) in [4.78, 5) is 35.9. The molecule has 0 saturated carbocycles. The van der Waals surface area contributed by atoms with Crippen LogP contribution in [0.2, 0.25) is 0 Å². The predicted molar refractivity (Wildman–Crippen MR) is 97.3 cm³/mol. The van der Waals surface area contributed by atoms with E-state index < -0.39 is 5.97 Å². The third kappa shape index (κ3) is 4.47. The van der Waals surface area contributed by atoms with Gasteiger partial charge in [-0.1, -0.05) is 6.07 Å². The summed E-state index contributed by atoms with van der Waals surface area (Å²) >= 11 is 0. The lowest BCUT2D eigenvalue weighted by atomic mass is 10.1. The maximum absolute atomic E-state index is 12.8. The topological polar surface area (TPSA) is 98.7 Å². The summed E-state index contributed by atoms with van der Waals surface area (Å²) in [6.45, 7) is 2.53. The Morgan fingerprint density at radius 3 is 2.65 bits per heavy atom. The molecular weight excluding hydrogens is 334 g/mol. The summed E-state index contributed by atoms with van der Waals surface area (Å²) in [5, 5.41) is 11.5. The van der Waals surface area contributed by atoms with Crippen molar-refractivity contribution in [2.75, 3.05) is 42.9 Å². The molecule has 0 radical (unpaired) electrons. The summed E-state index contributed by atoms with van der Waals surface area (Å²) in [7, 11) is 0. The Hall–Kier alpha value is -3.16. The molecular formula is C18H21N5O3. The molecule has 0 spiro atoms. The van der Waals surface area contributed by atoms with Crippen LogP contribution in [-0.4, -0.2) is 64.6 Å². The molecule has 0 bridgehead atoms. The standard InChI is InChI=1S/C18H21N5O3/c24-16(25)13-21-15-5-1-4-14(12-15)17(26)22-8-3-9-23(11-10-22)18-19-6-2-7-20-18/h1-2,4-7,12,21H,3,8-11,13H2,(H,24,25). The van der Waals surface area contributed by atoms with Gasteiger partial charge in [0.15, 0.2) is 0 Å². The van der Waals surface area contributed by atoms with Gasteiger partial charge in [0.25, 0.3) is 5.91 Å². The van der Waals surface area contributed by atoms with E-state index in [1.807, 2.05) is 4.90 Å². The minimum atomic E-state index is -0.947. The summed E-state index contributed by atoms with van der Waals surface area (Å²) in [6, 6.07) is 8.71. The van der Waals surface area contributed by atoms with Crippen molar-refractivity contribution >= 4 is 23.5 Å². The van der Waals surface area contributed by atoms with Gasteiger partial charge in [0.05, 0.1) is 0 Å².